The van der Waals surface area contributed by atoms with Gasteiger partial charge in [-0.3, -0.25) is 0 Å². The lowest BCUT2D eigenvalue weighted by atomic mass is 9.96. The normalized spacial score (nSPS) is 12.4. The SMILES string of the molecule is Cc1ccccc1[C@H](N)c1ccccc1. The molecule has 76 valence electrons. The van der Waals surface area contributed by atoms with Crippen molar-refractivity contribution < 1.29 is 0 Å². The highest BCUT2D eigenvalue weighted by Gasteiger charge is 2.09. The molecule has 0 heterocycles. The van der Waals surface area contributed by atoms with Crippen LogP contribution < -0.4 is 5.73 Å². The largest absolute Gasteiger partial charge is 0.320 e. The summed E-state index contributed by atoms with van der Waals surface area (Å²) in [5.41, 5.74) is 9.82. The van der Waals surface area contributed by atoms with Gasteiger partial charge in [0, 0.05) is 0 Å². The summed E-state index contributed by atoms with van der Waals surface area (Å²) in [4.78, 5) is 0. The van der Waals surface area contributed by atoms with E-state index in [9.17, 15) is 0 Å². The first-order valence-electron chi connectivity index (χ1n) is 5.15. The number of hydrogen-bond donors (Lipinski definition) is 1. The van der Waals surface area contributed by atoms with Crippen molar-refractivity contribution in [2.45, 2.75) is 13.0 Å². The van der Waals surface area contributed by atoms with Crippen LogP contribution in [0.15, 0.2) is 54.6 Å². The van der Waals surface area contributed by atoms with Crippen LogP contribution in [0.25, 0.3) is 0 Å². The number of nitrogens with two attached hydrogens (primary N) is 1. The van der Waals surface area contributed by atoms with E-state index in [0.29, 0.717) is 0 Å². The summed E-state index contributed by atoms with van der Waals surface area (Å²) < 4.78 is 0. The van der Waals surface area contributed by atoms with Crippen LogP contribution in [0.3, 0.4) is 0 Å². The smallest absolute Gasteiger partial charge is 0.0554 e. The van der Waals surface area contributed by atoms with E-state index in [1.54, 1.807) is 0 Å². The highest BCUT2D eigenvalue weighted by Crippen LogP contribution is 2.21. The Morgan fingerprint density at radius 1 is 0.867 bits per heavy atom. The van der Waals surface area contributed by atoms with Crippen molar-refractivity contribution in [3.63, 3.8) is 0 Å². The standard InChI is InChI=1S/C14H15N/c1-11-7-5-6-10-13(11)14(15)12-8-3-2-4-9-12/h2-10,14H,15H2,1H3/t14-/m1/s1. The van der Waals surface area contributed by atoms with Crippen LogP contribution in [0.1, 0.15) is 22.7 Å². The van der Waals surface area contributed by atoms with E-state index in [-0.39, 0.29) is 6.04 Å². The fourth-order valence-corrected chi connectivity index (χ4v) is 1.78. The molecule has 1 nitrogen and oxygen atoms in total. The Morgan fingerprint density at radius 3 is 2.13 bits per heavy atom. The van der Waals surface area contributed by atoms with Gasteiger partial charge in [-0.05, 0) is 23.6 Å². The molecular weight excluding hydrogens is 182 g/mol. The zero-order chi connectivity index (χ0) is 10.7. The van der Waals surface area contributed by atoms with E-state index < -0.39 is 0 Å². The lowest BCUT2D eigenvalue weighted by Gasteiger charge is -2.14. The first-order valence-corrected chi connectivity index (χ1v) is 5.15. The van der Waals surface area contributed by atoms with Crippen molar-refractivity contribution in [1.82, 2.24) is 0 Å². The molecule has 1 heteroatoms. The van der Waals surface area contributed by atoms with Gasteiger partial charge in [-0.15, -0.1) is 0 Å². The Bertz CT molecular complexity index is 434. The van der Waals surface area contributed by atoms with E-state index >= 15 is 0 Å². The van der Waals surface area contributed by atoms with Gasteiger partial charge in [-0.1, -0.05) is 54.6 Å². The van der Waals surface area contributed by atoms with Gasteiger partial charge in [0.05, 0.1) is 6.04 Å². The van der Waals surface area contributed by atoms with Gasteiger partial charge in [0.1, 0.15) is 0 Å². The summed E-state index contributed by atoms with van der Waals surface area (Å²) in [7, 11) is 0. The molecule has 0 bridgehead atoms. The molecule has 2 N–H and O–H groups in total. The van der Waals surface area contributed by atoms with Crippen molar-refractivity contribution in [3.8, 4) is 0 Å². The number of benzene rings is 2. The zero-order valence-electron chi connectivity index (χ0n) is 8.85. The van der Waals surface area contributed by atoms with E-state index in [1.807, 2.05) is 30.3 Å². The van der Waals surface area contributed by atoms with Crippen molar-refractivity contribution in [3.05, 3.63) is 71.3 Å². The molecule has 0 saturated carbocycles. The molecule has 0 spiro atoms. The number of aryl methyl sites for hydroxylation is 1. The molecule has 0 aliphatic heterocycles. The summed E-state index contributed by atoms with van der Waals surface area (Å²) in [6, 6.07) is 18.4. The molecule has 0 aromatic heterocycles. The average molecular weight is 197 g/mol. The van der Waals surface area contributed by atoms with Crippen molar-refractivity contribution in [2.75, 3.05) is 0 Å². The van der Waals surface area contributed by atoms with Gasteiger partial charge in [0.15, 0.2) is 0 Å². The Labute approximate surface area is 90.6 Å². The third kappa shape index (κ3) is 2.08. The van der Waals surface area contributed by atoms with Crippen LogP contribution in [0.5, 0.6) is 0 Å². The predicted octanol–water partition coefficient (Wildman–Crippen LogP) is 3.04. The van der Waals surface area contributed by atoms with E-state index in [0.717, 1.165) is 5.56 Å². The van der Waals surface area contributed by atoms with Crippen molar-refractivity contribution in [2.24, 2.45) is 5.73 Å². The Balaban J connectivity index is 2.37. The maximum absolute atomic E-state index is 6.22. The van der Waals surface area contributed by atoms with Gasteiger partial charge >= 0.3 is 0 Å². The molecule has 0 amide bonds. The monoisotopic (exact) mass is 197 g/mol. The van der Waals surface area contributed by atoms with Crippen LogP contribution >= 0.6 is 0 Å². The summed E-state index contributed by atoms with van der Waals surface area (Å²) in [5.74, 6) is 0. The minimum absolute atomic E-state index is 0.0209. The quantitative estimate of drug-likeness (QED) is 0.786. The maximum Gasteiger partial charge on any atom is 0.0554 e. The van der Waals surface area contributed by atoms with Crippen molar-refractivity contribution >= 4 is 0 Å². The molecular formula is C14H15N. The average Bonchev–Trinajstić information content (AvgIpc) is 2.30. The molecule has 1 atom stereocenters. The fraction of sp³-hybridized carbons (Fsp3) is 0.143. The minimum atomic E-state index is -0.0209. The lowest BCUT2D eigenvalue weighted by molar-refractivity contribution is 0.862. The molecule has 2 rings (SSSR count). The first-order chi connectivity index (χ1) is 7.29. The molecule has 0 fully saturated rings. The molecule has 2 aromatic rings. The fourth-order valence-electron chi connectivity index (χ4n) is 1.78. The lowest BCUT2D eigenvalue weighted by Crippen LogP contribution is -2.12. The summed E-state index contributed by atoms with van der Waals surface area (Å²) in [5, 5.41) is 0. The van der Waals surface area contributed by atoms with Crippen LogP contribution in [0.4, 0.5) is 0 Å². The van der Waals surface area contributed by atoms with E-state index in [2.05, 4.69) is 31.2 Å². The molecule has 0 radical (unpaired) electrons. The molecule has 0 aliphatic carbocycles. The highest BCUT2D eigenvalue weighted by atomic mass is 14.6. The zero-order valence-corrected chi connectivity index (χ0v) is 8.85. The summed E-state index contributed by atoms with van der Waals surface area (Å²) >= 11 is 0. The Morgan fingerprint density at radius 2 is 1.47 bits per heavy atom. The van der Waals surface area contributed by atoms with Gasteiger partial charge in [0.2, 0.25) is 0 Å². The Kier molecular flexibility index (Phi) is 2.84. The summed E-state index contributed by atoms with van der Waals surface area (Å²) in [6.07, 6.45) is 0. The van der Waals surface area contributed by atoms with E-state index in [1.165, 1.54) is 11.1 Å². The first kappa shape index (κ1) is 9.94. The minimum Gasteiger partial charge on any atom is -0.320 e. The predicted molar refractivity (Wildman–Crippen MR) is 63.7 cm³/mol. The van der Waals surface area contributed by atoms with Crippen LogP contribution in [0, 0.1) is 6.92 Å². The van der Waals surface area contributed by atoms with Crippen LogP contribution in [0.2, 0.25) is 0 Å². The number of rotatable bonds is 2. The molecule has 0 saturated heterocycles. The Hall–Kier alpha value is -1.60. The second kappa shape index (κ2) is 4.28. The van der Waals surface area contributed by atoms with Crippen LogP contribution in [-0.4, -0.2) is 0 Å². The van der Waals surface area contributed by atoms with Crippen molar-refractivity contribution in [1.29, 1.82) is 0 Å². The second-order valence-electron chi connectivity index (χ2n) is 3.74. The van der Waals surface area contributed by atoms with Gasteiger partial charge in [0.25, 0.3) is 0 Å². The highest BCUT2D eigenvalue weighted by molar-refractivity contribution is 5.36. The van der Waals surface area contributed by atoms with Crippen LogP contribution in [-0.2, 0) is 0 Å². The topological polar surface area (TPSA) is 26.0 Å². The number of hydrogen-bond acceptors (Lipinski definition) is 1. The molecule has 0 aliphatic rings. The van der Waals surface area contributed by atoms with E-state index in [4.69, 9.17) is 5.73 Å². The second-order valence-corrected chi connectivity index (χ2v) is 3.74. The third-order valence-corrected chi connectivity index (χ3v) is 2.68. The van der Waals surface area contributed by atoms with Gasteiger partial charge < -0.3 is 5.73 Å². The molecule has 0 unspecified atom stereocenters. The molecule has 2 aromatic carbocycles. The van der Waals surface area contributed by atoms with Gasteiger partial charge in [-0.25, -0.2) is 0 Å². The summed E-state index contributed by atoms with van der Waals surface area (Å²) in [6.45, 7) is 2.10. The maximum atomic E-state index is 6.22. The van der Waals surface area contributed by atoms with Gasteiger partial charge in [-0.2, -0.15) is 0 Å². The molecule has 15 heavy (non-hydrogen) atoms. The third-order valence-electron chi connectivity index (χ3n) is 2.68.